The van der Waals surface area contributed by atoms with Gasteiger partial charge in [0.2, 0.25) is 0 Å². The number of ether oxygens (including phenoxy) is 1. The maximum absolute atomic E-state index is 14.9. The molecule has 1 amide bonds. The van der Waals surface area contributed by atoms with Crippen molar-refractivity contribution in [2.45, 2.75) is 6.92 Å². The van der Waals surface area contributed by atoms with Gasteiger partial charge in [0.1, 0.15) is 5.44 Å². The van der Waals surface area contributed by atoms with Gasteiger partial charge < -0.3 is 19.5 Å². The van der Waals surface area contributed by atoms with Gasteiger partial charge in [0.05, 0.1) is 13.2 Å². The topological polar surface area (TPSA) is 58.6 Å². The maximum atomic E-state index is 14.9. The Morgan fingerprint density at radius 1 is 0.875 bits per heavy atom. The summed E-state index contributed by atoms with van der Waals surface area (Å²) >= 11 is 0. The molecular formula is C26H27N2O3P. The van der Waals surface area contributed by atoms with Crippen LogP contribution in [0.2, 0.25) is 0 Å². The van der Waals surface area contributed by atoms with Crippen LogP contribution in [0.4, 0.5) is 0 Å². The number of rotatable bonds is 6. The highest BCUT2D eigenvalue weighted by Crippen LogP contribution is 2.50. The van der Waals surface area contributed by atoms with E-state index in [0.29, 0.717) is 47.9 Å². The lowest BCUT2D eigenvalue weighted by Crippen LogP contribution is -2.35. The van der Waals surface area contributed by atoms with Gasteiger partial charge in [0.15, 0.2) is 7.14 Å². The molecule has 0 radical (unpaired) electrons. The number of amides is 1. The molecule has 1 fully saturated rings. The van der Waals surface area contributed by atoms with Crippen molar-refractivity contribution < 1.29 is 14.1 Å². The zero-order chi connectivity index (χ0) is 22.4. The highest BCUT2D eigenvalue weighted by molar-refractivity contribution is 7.82. The first kappa shape index (κ1) is 22.1. The summed E-state index contributed by atoms with van der Waals surface area (Å²) < 4.78 is 20.3. The molecule has 4 rings (SSSR count). The first-order valence-corrected chi connectivity index (χ1v) is 12.4. The van der Waals surface area contributed by atoms with E-state index in [0.717, 1.165) is 5.56 Å². The fraction of sp³-hybridized carbons (Fsp3) is 0.192. The molecule has 0 spiro atoms. The van der Waals surface area contributed by atoms with Crippen LogP contribution in [0.25, 0.3) is 0 Å². The fourth-order valence-corrected chi connectivity index (χ4v) is 6.29. The minimum atomic E-state index is -3.34. The predicted molar refractivity (Wildman–Crippen MR) is 129 cm³/mol. The summed E-state index contributed by atoms with van der Waals surface area (Å²) in [7, 11) is -3.34. The van der Waals surface area contributed by atoms with E-state index in [9.17, 15) is 9.36 Å². The third kappa shape index (κ3) is 4.85. The van der Waals surface area contributed by atoms with Crippen LogP contribution in [0.3, 0.4) is 0 Å². The summed E-state index contributed by atoms with van der Waals surface area (Å²) in [6.45, 7) is 4.51. The van der Waals surface area contributed by atoms with Gasteiger partial charge in [0, 0.05) is 35.5 Å². The third-order valence-corrected chi connectivity index (χ3v) is 8.44. The Hall–Kier alpha value is -3.14. The smallest absolute Gasteiger partial charge is 0.255 e. The molecule has 0 bridgehead atoms. The molecule has 164 valence electrons. The van der Waals surface area contributed by atoms with Crippen LogP contribution in [-0.2, 0) is 9.30 Å². The zero-order valence-electron chi connectivity index (χ0n) is 18.1. The van der Waals surface area contributed by atoms with E-state index in [2.05, 4.69) is 10.2 Å². The minimum absolute atomic E-state index is 0.281. The van der Waals surface area contributed by atoms with E-state index in [4.69, 9.17) is 4.74 Å². The summed E-state index contributed by atoms with van der Waals surface area (Å²) in [5.41, 5.74) is 2.00. The summed E-state index contributed by atoms with van der Waals surface area (Å²) in [4.78, 5) is 15.3. The van der Waals surface area contributed by atoms with Crippen LogP contribution < -0.4 is 15.9 Å². The van der Waals surface area contributed by atoms with E-state index < -0.39 is 7.14 Å². The molecule has 0 aromatic heterocycles. The number of nitrogens with one attached hydrogen (secondary N) is 1. The Bertz CT molecular complexity index is 1080. The second-order valence-corrected chi connectivity index (χ2v) is 10.5. The number of aryl methyl sites for hydroxylation is 1. The van der Waals surface area contributed by atoms with Gasteiger partial charge in [-0.15, -0.1) is 0 Å². The lowest BCUT2D eigenvalue weighted by Gasteiger charge is -2.29. The molecule has 6 heteroatoms. The summed E-state index contributed by atoms with van der Waals surface area (Å²) in [6, 6.07) is 26.1. The molecule has 0 unspecified atom stereocenters. The lowest BCUT2D eigenvalue weighted by atomic mass is 10.1. The minimum Gasteiger partial charge on any atom is -0.378 e. The van der Waals surface area contributed by atoms with E-state index in [-0.39, 0.29) is 5.91 Å². The maximum Gasteiger partial charge on any atom is 0.255 e. The Morgan fingerprint density at radius 3 is 1.94 bits per heavy atom. The first-order valence-electron chi connectivity index (χ1n) is 10.7. The van der Waals surface area contributed by atoms with Crippen molar-refractivity contribution in [3.05, 3.63) is 108 Å². The van der Waals surface area contributed by atoms with Gasteiger partial charge in [-0.25, -0.2) is 0 Å². The normalized spacial score (nSPS) is 14.8. The molecule has 1 aliphatic rings. The second kappa shape index (κ2) is 9.99. The molecule has 1 heterocycles. The molecule has 1 aliphatic heterocycles. The average Bonchev–Trinajstić information content (AvgIpc) is 2.85. The zero-order valence-corrected chi connectivity index (χ0v) is 19.0. The molecule has 0 aliphatic carbocycles. The molecule has 32 heavy (non-hydrogen) atoms. The molecular weight excluding hydrogens is 419 g/mol. The van der Waals surface area contributed by atoms with Crippen molar-refractivity contribution in [3.8, 4) is 0 Å². The quantitative estimate of drug-likeness (QED) is 0.584. The monoisotopic (exact) mass is 446 g/mol. The number of carbonyl (C=O) groups excluding carboxylic acids is 1. The first-order chi connectivity index (χ1) is 15.6. The molecule has 1 saturated heterocycles. The number of benzene rings is 3. The van der Waals surface area contributed by atoms with Crippen molar-refractivity contribution in [2.24, 2.45) is 0 Å². The SMILES string of the molecule is Cc1ccc(C(=O)N/C(=C/N2CCOCC2)P(=O)(c2ccccc2)c2ccccc2)cc1. The third-order valence-electron chi connectivity index (χ3n) is 5.48. The fourth-order valence-electron chi connectivity index (χ4n) is 3.67. The molecule has 5 nitrogen and oxygen atoms in total. The van der Waals surface area contributed by atoms with Crippen molar-refractivity contribution in [2.75, 3.05) is 26.3 Å². The average molecular weight is 446 g/mol. The van der Waals surface area contributed by atoms with Crippen LogP contribution >= 0.6 is 7.14 Å². The van der Waals surface area contributed by atoms with E-state index in [1.54, 1.807) is 12.1 Å². The number of nitrogens with zero attached hydrogens (tertiary/aromatic N) is 1. The second-order valence-electron chi connectivity index (χ2n) is 7.76. The van der Waals surface area contributed by atoms with Gasteiger partial charge in [-0.2, -0.15) is 0 Å². The largest absolute Gasteiger partial charge is 0.378 e. The Kier molecular flexibility index (Phi) is 6.89. The molecule has 3 aromatic rings. The Morgan fingerprint density at radius 2 is 1.41 bits per heavy atom. The van der Waals surface area contributed by atoms with Crippen molar-refractivity contribution in [3.63, 3.8) is 0 Å². The van der Waals surface area contributed by atoms with Gasteiger partial charge in [-0.05, 0) is 19.1 Å². The summed E-state index contributed by atoms with van der Waals surface area (Å²) in [5.74, 6) is -0.281. The standard InChI is InChI=1S/C26H27N2O3P/c1-21-12-14-22(15-13-21)26(29)27-25(20-28-16-18-31-19-17-28)32(30,23-8-4-2-5-9-23)24-10-6-3-7-11-24/h2-15,20H,16-19H2,1H3,(H,27,29)/b25-20-. The van der Waals surface area contributed by atoms with Crippen LogP contribution in [-0.4, -0.2) is 37.1 Å². The van der Waals surface area contributed by atoms with E-state index >= 15 is 0 Å². The number of hydrogen-bond acceptors (Lipinski definition) is 4. The van der Waals surface area contributed by atoms with Crippen molar-refractivity contribution >= 4 is 23.7 Å². The van der Waals surface area contributed by atoms with Gasteiger partial charge in [-0.1, -0.05) is 78.4 Å². The van der Waals surface area contributed by atoms with Gasteiger partial charge >= 0.3 is 0 Å². The van der Waals surface area contributed by atoms with E-state index in [1.165, 1.54) is 0 Å². The summed E-state index contributed by atoms with van der Waals surface area (Å²) in [5, 5.41) is 4.37. The molecule has 3 aromatic carbocycles. The van der Waals surface area contributed by atoms with Crippen molar-refractivity contribution in [1.82, 2.24) is 10.2 Å². The van der Waals surface area contributed by atoms with Gasteiger partial charge in [0.25, 0.3) is 5.91 Å². The number of carbonyl (C=O) groups is 1. The Balaban J connectivity index is 1.82. The van der Waals surface area contributed by atoms with Crippen LogP contribution in [0.1, 0.15) is 15.9 Å². The summed E-state index contributed by atoms with van der Waals surface area (Å²) in [6.07, 6.45) is 1.84. The Labute approximate surface area is 189 Å². The van der Waals surface area contributed by atoms with Crippen LogP contribution in [0.15, 0.2) is 96.6 Å². The molecule has 0 saturated carbocycles. The van der Waals surface area contributed by atoms with Gasteiger partial charge in [-0.3, -0.25) is 4.79 Å². The van der Waals surface area contributed by atoms with Crippen molar-refractivity contribution in [1.29, 1.82) is 0 Å². The molecule has 1 N–H and O–H groups in total. The predicted octanol–water partition coefficient (Wildman–Crippen LogP) is 3.87. The highest BCUT2D eigenvalue weighted by Gasteiger charge is 2.34. The number of hydrogen-bond donors (Lipinski definition) is 1. The van der Waals surface area contributed by atoms with E-state index in [1.807, 2.05) is 85.9 Å². The molecule has 0 atom stereocenters. The highest BCUT2D eigenvalue weighted by atomic mass is 31.2. The lowest BCUT2D eigenvalue weighted by molar-refractivity contribution is 0.0590. The van der Waals surface area contributed by atoms with Crippen LogP contribution in [0.5, 0.6) is 0 Å². The number of morpholine rings is 1. The van der Waals surface area contributed by atoms with Crippen LogP contribution in [0, 0.1) is 6.92 Å².